The van der Waals surface area contributed by atoms with Gasteiger partial charge in [0, 0.05) is 11.1 Å². The lowest BCUT2D eigenvalue weighted by atomic mass is 10.1. The number of alkyl halides is 2. The first-order valence-corrected chi connectivity index (χ1v) is 5.43. The fourth-order valence-corrected chi connectivity index (χ4v) is 1.34. The average molecular weight is 256 g/mol. The van der Waals surface area contributed by atoms with Crippen molar-refractivity contribution in [3.8, 4) is 5.75 Å². The molecule has 0 aliphatic carbocycles. The minimum Gasteiger partial charge on any atom is -0.463 e. The van der Waals surface area contributed by atoms with Crippen LogP contribution in [0.1, 0.15) is 19.4 Å². The van der Waals surface area contributed by atoms with Gasteiger partial charge in [0.05, 0.1) is 6.61 Å². The first-order valence-electron chi connectivity index (χ1n) is 5.43. The predicted molar refractivity (Wildman–Crippen MR) is 63.4 cm³/mol. The van der Waals surface area contributed by atoms with Crippen molar-refractivity contribution in [2.45, 2.75) is 20.5 Å². The molecule has 5 heteroatoms. The Hall–Kier alpha value is -1.91. The van der Waals surface area contributed by atoms with E-state index in [1.54, 1.807) is 32.0 Å². The standard InChI is InChI=1S/C13H14F2O3/c1-3-17-12(16)9(2)8-10-6-4-5-7-11(10)18-13(14)15/h4-8,13H,3H2,1-2H3/b9-8-. The van der Waals surface area contributed by atoms with Gasteiger partial charge in [0.2, 0.25) is 0 Å². The van der Waals surface area contributed by atoms with Gasteiger partial charge in [0.25, 0.3) is 0 Å². The highest BCUT2D eigenvalue weighted by Gasteiger charge is 2.10. The number of esters is 1. The Morgan fingerprint density at radius 2 is 2.06 bits per heavy atom. The van der Waals surface area contributed by atoms with Crippen molar-refractivity contribution in [3.63, 3.8) is 0 Å². The summed E-state index contributed by atoms with van der Waals surface area (Å²) in [6.07, 6.45) is 1.45. The summed E-state index contributed by atoms with van der Waals surface area (Å²) in [5, 5.41) is 0. The van der Waals surface area contributed by atoms with Crippen molar-refractivity contribution in [1.82, 2.24) is 0 Å². The number of halogens is 2. The molecule has 0 saturated carbocycles. The number of carbonyl (C=O) groups is 1. The van der Waals surface area contributed by atoms with Crippen LogP contribution in [0.25, 0.3) is 6.08 Å². The first-order chi connectivity index (χ1) is 8.54. The van der Waals surface area contributed by atoms with E-state index in [0.29, 0.717) is 11.1 Å². The van der Waals surface area contributed by atoms with Crippen molar-refractivity contribution < 1.29 is 23.0 Å². The molecule has 98 valence electrons. The maximum absolute atomic E-state index is 12.2. The molecule has 1 aromatic carbocycles. The van der Waals surface area contributed by atoms with Crippen molar-refractivity contribution in [2.75, 3.05) is 6.61 Å². The Morgan fingerprint density at radius 3 is 2.67 bits per heavy atom. The van der Waals surface area contributed by atoms with Gasteiger partial charge in [0.1, 0.15) is 5.75 Å². The minimum atomic E-state index is -2.90. The van der Waals surface area contributed by atoms with Gasteiger partial charge in [-0.25, -0.2) is 4.79 Å². The van der Waals surface area contributed by atoms with E-state index in [-0.39, 0.29) is 12.4 Å². The Labute approximate surface area is 104 Å². The molecule has 0 aliphatic heterocycles. The maximum Gasteiger partial charge on any atom is 0.387 e. The third kappa shape index (κ3) is 4.16. The van der Waals surface area contributed by atoms with Gasteiger partial charge in [-0.3, -0.25) is 0 Å². The van der Waals surface area contributed by atoms with Crippen LogP contribution in [-0.2, 0) is 9.53 Å². The summed E-state index contributed by atoms with van der Waals surface area (Å²) in [5.74, 6) is -0.458. The van der Waals surface area contributed by atoms with E-state index in [2.05, 4.69) is 4.74 Å². The van der Waals surface area contributed by atoms with Gasteiger partial charge in [-0.2, -0.15) is 8.78 Å². The zero-order valence-corrected chi connectivity index (χ0v) is 10.2. The molecule has 1 aromatic rings. The molecule has 1 rings (SSSR count). The van der Waals surface area contributed by atoms with Gasteiger partial charge in [-0.1, -0.05) is 18.2 Å². The molecule has 0 aliphatic rings. The predicted octanol–water partition coefficient (Wildman–Crippen LogP) is 3.25. The summed E-state index contributed by atoms with van der Waals surface area (Å²) in [5.41, 5.74) is 0.727. The molecule has 3 nitrogen and oxygen atoms in total. The largest absolute Gasteiger partial charge is 0.463 e. The Bertz CT molecular complexity index is 442. The van der Waals surface area contributed by atoms with E-state index < -0.39 is 12.6 Å². The zero-order chi connectivity index (χ0) is 13.5. The highest BCUT2D eigenvalue weighted by Crippen LogP contribution is 2.23. The third-order valence-corrected chi connectivity index (χ3v) is 2.10. The Morgan fingerprint density at radius 1 is 1.39 bits per heavy atom. The summed E-state index contributed by atoms with van der Waals surface area (Å²) < 4.78 is 33.5. The van der Waals surface area contributed by atoms with Crippen LogP contribution in [0.2, 0.25) is 0 Å². The van der Waals surface area contributed by atoms with E-state index in [1.165, 1.54) is 12.1 Å². The normalized spacial score (nSPS) is 11.5. The van der Waals surface area contributed by atoms with Crippen LogP contribution in [0.15, 0.2) is 29.8 Å². The molecule has 0 saturated heterocycles. The highest BCUT2D eigenvalue weighted by molar-refractivity contribution is 5.93. The number of ether oxygens (including phenoxy) is 2. The molecular weight excluding hydrogens is 242 g/mol. The SMILES string of the molecule is CCOC(=O)/C(C)=C\c1ccccc1OC(F)F. The van der Waals surface area contributed by atoms with E-state index in [0.717, 1.165) is 0 Å². The monoisotopic (exact) mass is 256 g/mol. The fraction of sp³-hybridized carbons (Fsp3) is 0.308. The second kappa shape index (κ2) is 6.74. The molecule has 0 radical (unpaired) electrons. The summed E-state index contributed by atoms with van der Waals surface area (Å²) in [6, 6.07) is 6.24. The van der Waals surface area contributed by atoms with Gasteiger partial charge in [-0.15, -0.1) is 0 Å². The smallest absolute Gasteiger partial charge is 0.387 e. The van der Waals surface area contributed by atoms with Crippen LogP contribution in [0.3, 0.4) is 0 Å². The van der Waals surface area contributed by atoms with Crippen LogP contribution in [-0.4, -0.2) is 19.2 Å². The van der Waals surface area contributed by atoms with E-state index >= 15 is 0 Å². The number of hydrogen-bond acceptors (Lipinski definition) is 3. The molecule has 0 fully saturated rings. The second-order valence-electron chi connectivity index (χ2n) is 3.46. The molecule has 0 amide bonds. The van der Waals surface area contributed by atoms with Gasteiger partial charge in [-0.05, 0) is 26.0 Å². The second-order valence-corrected chi connectivity index (χ2v) is 3.46. The van der Waals surface area contributed by atoms with Crippen LogP contribution >= 0.6 is 0 Å². The minimum absolute atomic E-state index is 0.0242. The van der Waals surface area contributed by atoms with E-state index in [1.807, 2.05) is 0 Å². The fourth-order valence-electron chi connectivity index (χ4n) is 1.34. The maximum atomic E-state index is 12.2. The van der Waals surface area contributed by atoms with Crippen molar-refractivity contribution in [1.29, 1.82) is 0 Å². The zero-order valence-electron chi connectivity index (χ0n) is 10.2. The molecule has 0 aromatic heterocycles. The number of hydrogen-bond donors (Lipinski definition) is 0. The molecule has 18 heavy (non-hydrogen) atoms. The average Bonchev–Trinajstić information content (AvgIpc) is 2.31. The quantitative estimate of drug-likeness (QED) is 0.599. The summed E-state index contributed by atoms with van der Waals surface area (Å²) >= 11 is 0. The molecular formula is C13H14F2O3. The summed E-state index contributed by atoms with van der Waals surface area (Å²) in [4.78, 5) is 11.4. The van der Waals surface area contributed by atoms with Crippen LogP contribution in [0, 0.1) is 0 Å². The Kier molecular flexibility index (Phi) is 5.30. The van der Waals surface area contributed by atoms with Crippen LogP contribution < -0.4 is 4.74 Å². The lowest BCUT2D eigenvalue weighted by molar-refractivity contribution is -0.138. The number of para-hydroxylation sites is 1. The van der Waals surface area contributed by atoms with Gasteiger partial charge < -0.3 is 9.47 Å². The van der Waals surface area contributed by atoms with Crippen molar-refractivity contribution in [3.05, 3.63) is 35.4 Å². The molecule has 0 bridgehead atoms. The van der Waals surface area contributed by atoms with Crippen LogP contribution in [0.5, 0.6) is 5.75 Å². The lowest BCUT2D eigenvalue weighted by Gasteiger charge is -2.08. The number of carbonyl (C=O) groups excluding carboxylic acids is 1. The Balaban J connectivity index is 2.95. The first kappa shape index (κ1) is 14.2. The van der Waals surface area contributed by atoms with Gasteiger partial charge >= 0.3 is 12.6 Å². The summed E-state index contributed by atoms with van der Waals surface area (Å²) in [7, 11) is 0. The molecule has 0 atom stereocenters. The van der Waals surface area contributed by atoms with Crippen LogP contribution in [0.4, 0.5) is 8.78 Å². The highest BCUT2D eigenvalue weighted by atomic mass is 19.3. The molecule has 0 N–H and O–H groups in total. The van der Waals surface area contributed by atoms with Crippen molar-refractivity contribution in [2.24, 2.45) is 0 Å². The number of rotatable bonds is 5. The molecule has 0 unspecified atom stereocenters. The van der Waals surface area contributed by atoms with E-state index in [9.17, 15) is 13.6 Å². The topological polar surface area (TPSA) is 35.5 Å². The third-order valence-electron chi connectivity index (χ3n) is 2.10. The lowest BCUT2D eigenvalue weighted by Crippen LogP contribution is -2.06. The molecule has 0 spiro atoms. The van der Waals surface area contributed by atoms with E-state index in [4.69, 9.17) is 4.74 Å². The number of benzene rings is 1. The van der Waals surface area contributed by atoms with Gasteiger partial charge in [0.15, 0.2) is 0 Å². The van der Waals surface area contributed by atoms with Crippen molar-refractivity contribution >= 4 is 12.0 Å². The molecule has 0 heterocycles. The summed E-state index contributed by atoms with van der Waals surface area (Å²) in [6.45, 7) is 0.609.